The molecule has 0 aliphatic heterocycles. The fourth-order valence-electron chi connectivity index (χ4n) is 0.537. The van der Waals surface area contributed by atoms with Gasteiger partial charge in [-0.2, -0.15) is 18.6 Å². The molecule has 0 bridgehead atoms. The Balaban J connectivity index is 0.000000371. The van der Waals surface area contributed by atoms with Gasteiger partial charge in [0.25, 0.3) is 0 Å². The molecule has 1 aromatic carbocycles. The first kappa shape index (κ1) is 10.5. The predicted octanol–water partition coefficient (Wildman–Crippen LogP) is 3.37. The van der Waals surface area contributed by atoms with Crippen molar-refractivity contribution in [1.29, 1.82) is 0 Å². The van der Waals surface area contributed by atoms with Crippen LogP contribution in [0, 0.1) is 6.92 Å². The van der Waals surface area contributed by atoms with Gasteiger partial charge >= 0.3 is 30.0 Å². The van der Waals surface area contributed by atoms with Gasteiger partial charge in [0.1, 0.15) is 0 Å². The Morgan fingerprint density at radius 3 is 2.30 bits per heavy atom. The molecule has 1 rings (SSSR count). The molecule has 50 valence electrons. The Labute approximate surface area is 83.0 Å². The van der Waals surface area contributed by atoms with Gasteiger partial charge < -0.3 is 0 Å². The molecule has 0 radical (unpaired) electrons. The van der Waals surface area contributed by atoms with Crippen LogP contribution in [0.15, 0.2) is 24.3 Å². The molecule has 10 heavy (non-hydrogen) atoms. The van der Waals surface area contributed by atoms with Crippen LogP contribution in [-0.2, 0) is 16.3 Å². The van der Waals surface area contributed by atoms with Crippen LogP contribution in [0.5, 0.6) is 0 Å². The summed E-state index contributed by atoms with van der Waals surface area (Å²) < 4.78 is 0. The van der Waals surface area contributed by atoms with Crippen molar-refractivity contribution in [3.63, 3.8) is 0 Å². The zero-order valence-electron chi connectivity index (χ0n) is 5.48. The third-order valence-electron chi connectivity index (χ3n) is 0.889. The molecule has 0 nitrogen and oxygen atoms in total. The predicted molar refractivity (Wildman–Crippen MR) is 44.8 cm³/mol. The van der Waals surface area contributed by atoms with Gasteiger partial charge in [-0.1, -0.05) is 17.7 Å². The first-order valence-corrected chi connectivity index (χ1v) is 9.96. The summed E-state index contributed by atoms with van der Waals surface area (Å²) in [6.45, 7) is 3.70. The Kier molecular flexibility index (Phi) is 6.51. The number of hydrogen-bond donors (Lipinski definition) is 0. The van der Waals surface area contributed by atoms with Crippen molar-refractivity contribution >= 4 is 25.2 Å². The minimum absolute atomic E-state index is 0.748. The summed E-state index contributed by atoms with van der Waals surface area (Å²) in [7, 11) is 0. The molecule has 0 aliphatic carbocycles. The summed E-state index contributed by atoms with van der Waals surface area (Å²) in [5, 5.41) is 0.748. The SMILES string of the molecule is [CH2-]c1cccc(Cl)c1.[Zn+][Br]. The van der Waals surface area contributed by atoms with Crippen molar-refractivity contribution in [2.45, 2.75) is 0 Å². The second kappa shape index (κ2) is 6.21. The first-order valence-electron chi connectivity index (χ1n) is 2.63. The Morgan fingerprint density at radius 2 is 2.00 bits per heavy atom. The van der Waals surface area contributed by atoms with Crippen LogP contribution in [0.2, 0.25) is 5.02 Å². The van der Waals surface area contributed by atoms with Crippen molar-refractivity contribution in [2.75, 3.05) is 0 Å². The van der Waals surface area contributed by atoms with Gasteiger partial charge in [-0.3, -0.25) is 0 Å². The zero-order chi connectivity index (χ0) is 7.98. The van der Waals surface area contributed by atoms with E-state index in [2.05, 4.69) is 20.5 Å². The average Bonchev–Trinajstić information content (AvgIpc) is 1.91. The van der Waals surface area contributed by atoms with E-state index in [9.17, 15) is 0 Å². The molecule has 0 heterocycles. The van der Waals surface area contributed by atoms with E-state index in [1.165, 1.54) is 16.3 Å². The monoisotopic (exact) mass is 268 g/mol. The summed E-state index contributed by atoms with van der Waals surface area (Å²) >= 11 is 9.85. The molecular weight excluding hydrogens is 265 g/mol. The van der Waals surface area contributed by atoms with Crippen LogP contribution in [0.25, 0.3) is 0 Å². The average molecular weight is 271 g/mol. The van der Waals surface area contributed by atoms with Gasteiger partial charge in [-0.15, -0.1) is 12.1 Å². The van der Waals surface area contributed by atoms with Crippen LogP contribution in [0.3, 0.4) is 0 Å². The molecule has 0 unspecified atom stereocenters. The standard InChI is InChI=1S/C7H6Cl.BrH.Zn/c1-6-3-2-4-7(8)5-6;;/h2-5H,1H2;1H;/q-1;;+2/p-1. The minimum atomic E-state index is 0.748. The van der Waals surface area contributed by atoms with E-state index in [0.717, 1.165) is 10.6 Å². The first-order chi connectivity index (χ1) is 4.79. The van der Waals surface area contributed by atoms with Crippen LogP contribution in [-0.4, -0.2) is 0 Å². The fraction of sp³-hybridized carbons (Fsp3) is 0. The fourth-order valence-corrected chi connectivity index (χ4v) is 0.750. The molecule has 1 aromatic rings. The van der Waals surface area contributed by atoms with Crippen LogP contribution in [0.1, 0.15) is 5.56 Å². The molecule has 0 saturated carbocycles. The normalized spacial score (nSPS) is 8.00. The van der Waals surface area contributed by atoms with Gasteiger partial charge in [0.2, 0.25) is 0 Å². The van der Waals surface area contributed by atoms with E-state index < -0.39 is 0 Å². The van der Waals surface area contributed by atoms with Crippen molar-refractivity contribution in [2.24, 2.45) is 0 Å². The van der Waals surface area contributed by atoms with E-state index in [1.807, 2.05) is 24.3 Å². The summed E-state index contributed by atoms with van der Waals surface area (Å²) in [6.07, 6.45) is 0. The molecule has 0 atom stereocenters. The second-order valence-corrected chi connectivity index (χ2v) is 2.07. The Bertz CT molecular complexity index is 173. The quantitative estimate of drug-likeness (QED) is 0.501. The molecule has 0 aliphatic rings. The second-order valence-electron chi connectivity index (χ2n) is 1.63. The Hall–Kier alpha value is 0.483. The third-order valence-corrected chi connectivity index (χ3v) is 1.12. The number of benzene rings is 1. The third kappa shape index (κ3) is 4.32. The summed E-state index contributed by atoms with van der Waals surface area (Å²) in [4.78, 5) is 0. The summed E-state index contributed by atoms with van der Waals surface area (Å²) in [6, 6.07) is 7.44. The number of rotatable bonds is 0. The van der Waals surface area contributed by atoms with E-state index in [0.29, 0.717) is 0 Å². The van der Waals surface area contributed by atoms with Crippen molar-refractivity contribution < 1.29 is 16.3 Å². The van der Waals surface area contributed by atoms with E-state index in [-0.39, 0.29) is 0 Å². The Morgan fingerprint density at radius 1 is 1.40 bits per heavy atom. The molecule has 0 fully saturated rings. The van der Waals surface area contributed by atoms with Gasteiger partial charge in [0.05, 0.1) is 0 Å². The maximum atomic E-state index is 5.60. The van der Waals surface area contributed by atoms with Crippen LogP contribution < -0.4 is 0 Å². The summed E-state index contributed by atoms with van der Waals surface area (Å²) in [5.74, 6) is 0. The topological polar surface area (TPSA) is 0 Å². The molecule has 0 aromatic heterocycles. The molecule has 0 spiro atoms. The molecule has 0 saturated heterocycles. The molecule has 3 heteroatoms. The van der Waals surface area contributed by atoms with Crippen LogP contribution in [0.4, 0.5) is 0 Å². The van der Waals surface area contributed by atoms with E-state index >= 15 is 0 Å². The molecular formula is C7H6BrClZn. The van der Waals surface area contributed by atoms with Crippen LogP contribution >= 0.6 is 25.2 Å². The number of hydrogen-bond acceptors (Lipinski definition) is 0. The molecule has 0 N–H and O–H groups in total. The molecule has 0 amide bonds. The van der Waals surface area contributed by atoms with Gasteiger partial charge in [0.15, 0.2) is 0 Å². The van der Waals surface area contributed by atoms with E-state index in [4.69, 9.17) is 11.6 Å². The van der Waals surface area contributed by atoms with Gasteiger partial charge in [-0.25, -0.2) is 0 Å². The van der Waals surface area contributed by atoms with Crippen molar-refractivity contribution in [3.8, 4) is 0 Å². The number of halogens is 2. The van der Waals surface area contributed by atoms with Gasteiger partial charge in [0, 0.05) is 0 Å². The maximum absolute atomic E-state index is 5.60. The van der Waals surface area contributed by atoms with E-state index in [1.54, 1.807) is 0 Å². The van der Waals surface area contributed by atoms with Crippen molar-refractivity contribution in [1.82, 2.24) is 0 Å². The zero-order valence-corrected chi connectivity index (χ0v) is 10.8. The van der Waals surface area contributed by atoms with Gasteiger partial charge in [-0.05, 0) is 5.02 Å². The summed E-state index contributed by atoms with van der Waals surface area (Å²) in [5.41, 5.74) is 0.956. The van der Waals surface area contributed by atoms with Crippen molar-refractivity contribution in [3.05, 3.63) is 41.8 Å².